The highest BCUT2D eigenvalue weighted by Crippen LogP contribution is 2.27. The normalized spacial score (nSPS) is 16.8. The van der Waals surface area contributed by atoms with E-state index in [4.69, 9.17) is 26.8 Å². The number of nitrogens with zero attached hydrogens (tertiary/aromatic N) is 3. The van der Waals surface area contributed by atoms with Gasteiger partial charge in [-0.25, -0.2) is 4.79 Å². The van der Waals surface area contributed by atoms with Gasteiger partial charge in [-0.05, 0) is 36.4 Å². The molecule has 2 fully saturated rings. The van der Waals surface area contributed by atoms with Crippen LogP contribution in [0.5, 0.6) is 0 Å². The molecule has 3 heterocycles. The number of imide groups is 1. The number of thioether (sulfide) groups is 1. The monoisotopic (exact) mass is 610 g/mol. The zero-order valence-corrected chi connectivity index (χ0v) is 24.6. The number of carbonyl (C=O) groups excluding carboxylic acids is 5. The molecule has 4 rings (SSSR count). The average molecular weight is 611 g/mol. The summed E-state index contributed by atoms with van der Waals surface area (Å²) in [7, 11) is 0. The molecule has 11 nitrogen and oxygen atoms in total. The van der Waals surface area contributed by atoms with Crippen LogP contribution in [0.2, 0.25) is 4.34 Å². The molecule has 40 heavy (non-hydrogen) atoms. The Morgan fingerprint density at radius 3 is 2.33 bits per heavy atom. The van der Waals surface area contributed by atoms with E-state index in [0.717, 1.165) is 16.2 Å². The van der Waals surface area contributed by atoms with E-state index in [1.165, 1.54) is 17.4 Å². The second-order valence-corrected chi connectivity index (χ2v) is 11.5. The molecule has 0 aliphatic carbocycles. The summed E-state index contributed by atoms with van der Waals surface area (Å²) in [5, 5.41) is -0.388. The van der Waals surface area contributed by atoms with Crippen molar-refractivity contribution in [1.29, 1.82) is 0 Å². The lowest BCUT2D eigenvalue weighted by Crippen LogP contribution is -2.44. The van der Waals surface area contributed by atoms with Crippen molar-refractivity contribution in [3.8, 4) is 0 Å². The zero-order valence-electron chi connectivity index (χ0n) is 22.2. The van der Waals surface area contributed by atoms with E-state index in [1.54, 1.807) is 35.2 Å². The summed E-state index contributed by atoms with van der Waals surface area (Å²) in [6.07, 6.45) is -0.182. The van der Waals surface area contributed by atoms with Gasteiger partial charge in [0.1, 0.15) is 12.7 Å². The van der Waals surface area contributed by atoms with Gasteiger partial charge >= 0.3 is 6.09 Å². The van der Waals surface area contributed by atoms with Gasteiger partial charge in [-0.2, -0.15) is 0 Å². The minimum absolute atomic E-state index is 0.0202. The molecule has 14 heteroatoms. The fraction of sp³-hybridized carbons (Fsp3) is 0.423. The van der Waals surface area contributed by atoms with Gasteiger partial charge in [-0.15, -0.1) is 11.3 Å². The molecule has 1 unspecified atom stereocenters. The number of carbonyl (C=O) groups is 5. The first kappa shape index (κ1) is 31.6. The number of benzene rings is 1. The molecule has 2 aliphatic rings. The number of amides is 4. The first-order chi connectivity index (χ1) is 19.2. The number of thiophene rings is 1. The summed E-state index contributed by atoms with van der Waals surface area (Å²) < 4.78 is 11.0. The van der Waals surface area contributed by atoms with Crippen molar-refractivity contribution in [2.45, 2.75) is 26.4 Å². The van der Waals surface area contributed by atoms with Crippen LogP contribution >= 0.6 is 34.7 Å². The number of hydrogen-bond acceptors (Lipinski definition) is 10. The van der Waals surface area contributed by atoms with E-state index >= 15 is 0 Å². The van der Waals surface area contributed by atoms with Crippen molar-refractivity contribution in [2.75, 3.05) is 54.9 Å². The van der Waals surface area contributed by atoms with Crippen molar-refractivity contribution in [3.63, 3.8) is 0 Å². The van der Waals surface area contributed by atoms with Crippen LogP contribution in [0, 0.1) is 0 Å². The van der Waals surface area contributed by atoms with Gasteiger partial charge in [-0.3, -0.25) is 29.0 Å². The van der Waals surface area contributed by atoms with E-state index in [0.29, 0.717) is 40.6 Å². The first-order valence-electron chi connectivity index (χ1n) is 12.6. The molecule has 2 saturated heterocycles. The highest BCUT2D eigenvalue weighted by Gasteiger charge is 2.37. The quantitative estimate of drug-likeness (QED) is 0.476. The maximum Gasteiger partial charge on any atom is 0.414 e. The van der Waals surface area contributed by atoms with Crippen LogP contribution in [0.15, 0.2) is 36.4 Å². The molecule has 2 N–H and O–H groups in total. The van der Waals surface area contributed by atoms with Gasteiger partial charge in [0, 0.05) is 17.9 Å². The van der Waals surface area contributed by atoms with Crippen LogP contribution in [0.4, 0.5) is 16.2 Å². The third-order valence-electron chi connectivity index (χ3n) is 5.57. The summed E-state index contributed by atoms with van der Waals surface area (Å²) in [5.41, 5.74) is 6.52. The van der Waals surface area contributed by atoms with Crippen LogP contribution in [-0.2, 0) is 23.9 Å². The van der Waals surface area contributed by atoms with Gasteiger partial charge in [0.05, 0.1) is 41.2 Å². The molecule has 216 valence electrons. The summed E-state index contributed by atoms with van der Waals surface area (Å²) in [6.45, 7) is 4.80. The highest BCUT2D eigenvalue weighted by molar-refractivity contribution is 8.14. The fourth-order valence-corrected chi connectivity index (χ4v) is 5.32. The maximum atomic E-state index is 13.1. The summed E-state index contributed by atoms with van der Waals surface area (Å²) >= 11 is 7.68. The molecule has 2 aromatic rings. The highest BCUT2D eigenvalue weighted by atomic mass is 35.5. The van der Waals surface area contributed by atoms with Crippen LogP contribution in [0.1, 0.15) is 29.9 Å². The predicted octanol–water partition coefficient (Wildman–Crippen LogP) is 3.39. The van der Waals surface area contributed by atoms with Gasteiger partial charge in [0.2, 0.25) is 11.0 Å². The standard InChI is InChI=1S/C23H23ClN4O7S2.C3H8/c24-18-6-5-17(37-18)22(32)28(20(30)13-36-21(31)9-25)11-16-10-27(23(33)35-16)15-3-1-14(2-4-15)26-7-8-34-12-19(26)29;1-3-2/h1-6,16H,7-13,25H2;3H2,1-2H3. The molecule has 4 amide bonds. The number of nitrogens with two attached hydrogens (primary N) is 1. The van der Waals surface area contributed by atoms with Crippen molar-refractivity contribution in [3.05, 3.63) is 45.6 Å². The van der Waals surface area contributed by atoms with Crippen LogP contribution < -0.4 is 15.5 Å². The van der Waals surface area contributed by atoms with Crippen LogP contribution in [0.3, 0.4) is 0 Å². The van der Waals surface area contributed by atoms with E-state index < -0.39 is 24.0 Å². The molecule has 1 aromatic heterocycles. The van der Waals surface area contributed by atoms with Crippen molar-refractivity contribution in [2.24, 2.45) is 5.73 Å². The number of rotatable bonds is 8. The molecule has 1 aromatic carbocycles. The average Bonchev–Trinajstić information content (AvgIpc) is 3.55. The summed E-state index contributed by atoms with van der Waals surface area (Å²) in [6, 6.07) is 9.88. The van der Waals surface area contributed by atoms with E-state index in [9.17, 15) is 24.0 Å². The van der Waals surface area contributed by atoms with Crippen molar-refractivity contribution >= 4 is 75.0 Å². The largest absolute Gasteiger partial charge is 0.442 e. The third kappa shape index (κ3) is 8.27. The molecular formula is C26H31ClN4O7S2. The number of cyclic esters (lactones) is 1. The Morgan fingerprint density at radius 2 is 1.75 bits per heavy atom. The van der Waals surface area contributed by atoms with E-state index in [-0.39, 0.29) is 47.9 Å². The number of anilines is 2. The Morgan fingerprint density at radius 1 is 1.10 bits per heavy atom. The lowest BCUT2D eigenvalue weighted by Gasteiger charge is -2.27. The molecule has 2 aliphatic heterocycles. The van der Waals surface area contributed by atoms with Crippen molar-refractivity contribution < 1.29 is 33.4 Å². The summed E-state index contributed by atoms with van der Waals surface area (Å²) in [5.74, 6) is -1.65. The number of ether oxygens (including phenoxy) is 2. The minimum atomic E-state index is -0.799. The maximum absolute atomic E-state index is 13.1. The smallest absolute Gasteiger partial charge is 0.414 e. The van der Waals surface area contributed by atoms with Gasteiger partial charge in [0.25, 0.3) is 11.8 Å². The Hall–Kier alpha value is -2.97. The molecular weight excluding hydrogens is 580 g/mol. The topological polar surface area (TPSA) is 140 Å². The van der Waals surface area contributed by atoms with Gasteiger partial charge in [-0.1, -0.05) is 43.6 Å². The molecule has 0 bridgehead atoms. The minimum Gasteiger partial charge on any atom is -0.442 e. The zero-order chi connectivity index (χ0) is 29.2. The number of hydrogen-bond donors (Lipinski definition) is 1. The second kappa shape index (κ2) is 15.1. The van der Waals surface area contributed by atoms with Crippen LogP contribution in [0.25, 0.3) is 0 Å². The molecule has 0 radical (unpaired) electrons. The SMILES string of the molecule is CCC.NCC(=O)SCC(=O)N(CC1CN(c2ccc(N3CCOCC3=O)cc2)C(=O)O1)C(=O)c1ccc(Cl)s1. The summed E-state index contributed by atoms with van der Waals surface area (Å²) in [4.78, 5) is 66.5. The molecule has 0 spiro atoms. The van der Waals surface area contributed by atoms with Crippen molar-refractivity contribution in [1.82, 2.24) is 4.90 Å². The second-order valence-electron chi connectivity index (χ2n) is 8.72. The lowest BCUT2D eigenvalue weighted by molar-refractivity contribution is -0.127. The Kier molecular flexibility index (Phi) is 11.9. The fourth-order valence-electron chi connectivity index (χ4n) is 3.77. The number of morpholine rings is 1. The third-order valence-corrected chi connectivity index (χ3v) is 7.67. The molecule has 1 atom stereocenters. The van der Waals surface area contributed by atoms with Gasteiger partial charge in [0.15, 0.2) is 0 Å². The van der Waals surface area contributed by atoms with E-state index in [1.807, 2.05) is 0 Å². The van der Waals surface area contributed by atoms with Crippen LogP contribution in [-0.4, -0.2) is 85.1 Å². The number of halogens is 1. The Balaban J connectivity index is 0.00000141. The molecule has 0 saturated carbocycles. The Bertz CT molecular complexity index is 1220. The van der Waals surface area contributed by atoms with Gasteiger partial charge < -0.3 is 20.1 Å². The van der Waals surface area contributed by atoms with E-state index in [2.05, 4.69) is 13.8 Å². The Labute approximate surface area is 245 Å². The lowest BCUT2D eigenvalue weighted by atomic mass is 10.2. The predicted molar refractivity (Wildman–Crippen MR) is 155 cm³/mol. The first-order valence-corrected chi connectivity index (χ1v) is 14.8.